The Kier molecular flexibility index (Phi) is 8.61. The van der Waals surface area contributed by atoms with Crippen LogP contribution >= 0.6 is 0 Å². The minimum absolute atomic E-state index is 0.326. The number of allylic oxidation sites excluding steroid dienone is 4. The number of hydrogen-bond acceptors (Lipinski definition) is 10. The van der Waals surface area contributed by atoms with Crippen molar-refractivity contribution in [2.24, 2.45) is 5.10 Å². The van der Waals surface area contributed by atoms with Crippen LogP contribution in [0.1, 0.15) is 27.2 Å². The third-order valence-electron chi connectivity index (χ3n) is 6.17. The van der Waals surface area contributed by atoms with Gasteiger partial charge in [0.2, 0.25) is 5.88 Å². The predicted molar refractivity (Wildman–Crippen MR) is 157 cm³/mol. The summed E-state index contributed by atoms with van der Waals surface area (Å²) in [6.07, 6.45) is 5.70. The maximum atomic E-state index is 13.1. The number of benzene rings is 2. The molecule has 1 aromatic heterocycles. The first-order valence-corrected chi connectivity index (χ1v) is 15.2. The number of carboxylic acid groups (broad SMARTS) is 2. The molecule has 0 radical (unpaired) electrons. The SMILES string of the molecule is Cc1ccc(S(=O)(=O)O)c(N2N=C(C(=O)O)/C(=C/C=C/C=C/c3c(C(=O)O)nn(-c4cc(C)ccc4S(=O)(=O)O)c3O)C2=O)c1. The zero-order valence-corrected chi connectivity index (χ0v) is 24.7. The first-order chi connectivity index (χ1) is 20.9. The van der Waals surface area contributed by atoms with Gasteiger partial charge in [-0.3, -0.25) is 13.9 Å². The summed E-state index contributed by atoms with van der Waals surface area (Å²) in [7, 11) is -9.62. The van der Waals surface area contributed by atoms with Gasteiger partial charge in [-0.25, -0.2) is 9.59 Å². The van der Waals surface area contributed by atoms with Gasteiger partial charge in [-0.1, -0.05) is 30.4 Å². The van der Waals surface area contributed by atoms with Gasteiger partial charge >= 0.3 is 11.9 Å². The van der Waals surface area contributed by atoms with Crippen molar-refractivity contribution < 1.29 is 55.6 Å². The fraction of sp³-hybridized carbons (Fsp3) is 0.0741. The molecule has 16 nitrogen and oxygen atoms in total. The topological polar surface area (TPSA) is 254 Å². The molecular weight excluding hydrogens is 636 g/mol. The molecule has 45 heavy (non-hydrogen) atoms. The molecule has 2 heterocycles. The van der Waals surface area contributed by atoms with E-state index in [4.69, 9.17) is 0 Å². The Labute approximate surface area is 254 Å². The highest BCUT2D eigenvalue weighted by atomic mass is 32.2. The fourth-order valence-electron chi connectivity index (χ4n) is 4.18. The molecule has 18 heteroatoms. The van der Waals surface area contributed by atoms with Crippen LogP contribution in [-0.4, -0.2) is 74.6 Å². The highest BCUT2D eigenvalue weighted by Crippen LogP contribution is 2.32. The number of aromatic carboxylic acids is 1. The van der Waals surface area contributed by atoms with E-state index < -0.39 is 70.7 Å². The summed E-state index contributed by atoms with van der Waals surface area (Å²) < 4.78 is 67.3. The van der Waals surface area contributed by atoms with Gasteiger partial charge in [0.25, 0.3) is 26.1 Å². The molecule has 0 fully saturated rings. The van der Waals surface area contributed by atoms with Crippen LogP contribution in [0.25, 0.3) is 11.8 Å². The maximum Gasteiger partial charge on any atom is 0.357 e. The van der Waals surface area contributed by atoms with Crippen LogP contribution in [0.5, 0.6) is 5.88 Å². The predicted octanol–water partition coefficient (Wildman–Crippen LogP) is 2.37. The number of carbonyl (C=O) groups is 3. The van der Waals surface area contributed by atoms with Gasteiger partial charge in [-0.05, 0) is 61.4 Å². The van der Waals surface area contributed by atoms with Gasteiger partial charge < -0.3 is 15.3 Å². The largest absolute Gasteiger partial charge is 0.493 e. The van der Waals surface area contributed by atoms with Gasteiger partial charge in [0.15, 0.2) is 11.4 Å². The third-order valence-corrected chi connectivity index (χ3v) is 7.97. The van der Waals surface area contributed by atoms with E-state index in [1.54, 1.807) is 13.8 Å². The van der Waals surface area contributed by atoms with Crippen molar-refractivity contribution in [3.8, 4) is 11.6 Å². The van der Waals surface area contributed by atoms with E-state index in [2.05, 4.69) is 10.2 Å². The molecule has 1 aliphatic heterocycles. The molecule has 4 rings (SSSR count). The summed E-state index contributed by atoms with van der Waals surface area (Å²) in [5.41, 5.74) is -1.99. The van der Waals surface area contributed by atoms with Crippen molar-refractivity contribution in [3.05, 3.63) is 88.7 Å². The van der Waals surface area contributed by atoms with Gasteiger partial charge in [-0.2, -0.15) is 36.7 Å². The van der Waals surface area contributed by atoms with E-state index in [1.807, 2.05) is 0 Å². The van der Waals surface area contributed by atoms with E-state index in [0.717, 1.165) is 24.3 Å². The van der Waals surface area contributed by atoms with Crippen molar-refractivity contribution in [2.75, 3.05) is 5.01 Å². The molecule has 0 aliphatic carbocycles. The number of hydrazone groups is 1. The van der Waals surface area contributed by atoms with Crippen LogP contribution in [-0.2, 0) is 29.8 Å². The number of rotatable bonds is 9. The van der Waals surface area contributed by atoms with Crippen molar-refractivity contribution in [1.82, 2.24) is 9.78 Å². The minimum Gasteiger partial charge on any atom is -0.493 e. The lowest BCUT2D eigenvalue weighted by Crippen LogP contribution is -2.24. The molecule has 0 saturated heterocycles. The Balaban J connectivity index is 1.70. The minimum atomic E-state index is -4.82. The molecule has 0 unspecified atom stereocenters. The van der Waals surface area contributed by atoms with Crippen LogP contribution in [0, 0.1) is 13.8 Å². The molecule has 0 spiro atoms. The van der Waals surface area contributed by atoms with Crippen molar-refractivity contribution >= 4 is 55.6 Å². The van der Waals surface area contributed by atoms with E-state index >= 15 is 0 Å². The van der Waals surface area contributed by atoms with Crippen LogP contribution in [0.15, 0.2) is 81.2 Å². The van der Waals surface area contributed by atoms with Gasteiger partial charge in [0.1, 0.15) is 9.79 Å². The lowest BCUT2D eigenvalue weighted by molar-refractivity contribution is -0.129. The summed E-state index contributed by atoms with van der Waals surface area (Å²) in [5.74, 6) is -5.03. The molecule has 5 N–H and O–H groups in total. The first kappa shape index (κ1) is 32.5. The van der Waals surface area contributed by atoms with Gasteiger partial charge in [-0.15, -0.1) is 0 Å². The molecule has 0 atom stereocenters. The lowest BCUT2D eigenvalue weighted by atomic mass is 10.1. The Morgan fingerprint density at radius 2 is 1.38 bits per heavy atom. The monoisotopic (exact) mass is 658 g/mol. The summed E-state index contributed by atoms with van der Waals surface area (Å²) >= 11 is 0. The first-order valence-electron chi connectivity index (χ1n) is 12.4. The van der Waals surface area contributed by atoms with Crippen LogP contribution in [0.4, 0.5) is 5.69 Å². The van der Waals surface area contributed by atoms with E-state index in [0.29, 0.717) is 20.8 Å². The number of carbonyl (C=O) groups excluding carboxylic acids is 1. The molecule has 234 valence electrons. The number of aromatic hydroxyl groups is 1. The van der Waals surface area contributed by atoms with E-state index in [1.165, 1.54) is 42.5 Å². The molecule has 0 saturated carbocycles. The molecule has 1 amide bonds. The fourth-order valence-corrected chi connectivity index (χ4v) is 5.48. The standard InChI is InChI=1S/C27H22N4O12S2/c1-14-8-10-20(44(38,39)40)18(12-14)30-24(32)16(22(28-30)26(34)35)6-4-3-5-7-17-23(27(36)37)29-31(25(17)33)19-13-15(2)9-11-21(19)45(41,42)43/h3-13,32H,1-2H3,(H,34,35)(H,36,37)(H,38,39,40)(H,41,42,43)/b5-3+,6-4+,17-7-. The number of carboxylic acids is 2. The number of aryl methyl sites for hydroxylation is 2. The molecule has 0 bridgehead atoms. The van der Waals surface area contributed by atoms with Crippen LogP contribution in [0.2, 0.25) is 0 Å². The molecular formula is C27H22N4O12S2. The normalized spacial score (nSPS) is 15.0. The summed E-state index contributed by atoms with van der Waals surface area (Å²) in [6, 6.07) is 7.27. The third kappa shape index (κ3) is 6.58. The summed E-state index contributed by atoms with van der Waals surface area (Å²) in [6.45, 7) is 3.15. The lowest BCUT2D eigenvalue weighted by Gasteiger charge is -2.15. The number of hydrogen-bond donors (Lipinski definition) is 5. The van der Waals surface area contributed by atoms with Gasteiger partial charge in [0, 0.05) is 0 Å². The Bertz CT molecular complexity index is 2130. The van der Waals surface area contributed by atoms with E-state index in [-0.39, 0.29) is 16.9 Å². The van der Waals surface area contributed by atoms with Crippen molar-refractivity contribution in [2.45, 2.75) is 23.6 Å². The second-order valence-corrected chi connectivity index (χ2v) is 12.2. The van der Waals surface area contributed by atoms with Crippen molar-refractivity contribution in [1.29, 1.82) is 0 Å². The number of amides is 1. The average Bonchev–Trinajstić information content (AvgIpc) is 3.43. The van der Waals surface area contributed by atoms with Crippen LogP contribution in [0.3, 0.4) is 0 Å². The Morgan fingerprint density at radius 1 is 0.822 bits per heavy atom. The zero-order chi connectivity index (χ0) is 33.4. The zero-order valence-electron chi connectivity index (χ0n) is 23.1. The second-order valence-electron chi connectivity index (χ2n) is 9.39. The summed E-state index contributed by atoms with van der Waals surface area (Å²) in [4.78, 5) is 35.4. The average molecular weight is 659 g/mol. The van der Waals surface area contributed by atoms with Crippen molar-refractivity contribution in [3.63, 3.8) is 0 Å². The Hall–Kier alpha value is -5.43. The summed E-state index contributed by atoms with van der Waals surface area (Å²) in [5, 5.41) is 38.0. The molecule has 3 aromatic rings. The molecule has 2 aromatic carbocycles. The quantitative estimate of drug-likeness (QED) is 0.126. The number of anilines is 1. The smallest absolute Gasteiger partial charge is 0.357 e. The highest BCUT2D eigenvalue weighted by Gasteiger charge is 2.37. The number of nitrogens with zero attached hydrogens (tertiary/aromatic N) is 4. The highest BCUT2D eigenvalue weighted by molar-refractivity contribution is 7.86. The second kappa shape index (κ2) is 11.9. The van der Waals surface area contributed by atoms with Crippen LogP contribution < -0.4 is 5.01 Å². The van der Waals surface area contributed by atoms with Gasteiger partial charge in [0.05, 0.1) is 22.5 Å². The van der Waals surface area contributed by atoms with E-state index in [9.17, 15) is 55.6 Å². The maximum absolute atomic E-state index is 13.1. The Morgan fingerprint density at radius 3 is 1.91 bits per heavy atom. The number of aliphatic carboxylic acids is 1. The molecule has 1 aliphatic rings. The number of aromatic nitrogens is 2.